The molecule has 0 amide bonds. The van der Waals surface area contributed by atoms with Crippen LogP contribution < -0.4 is 4.74 Å². The molecule has 9 heteroatoms. The molecule has 2 aromatic heterocycles. The summed E-state index contributed by atoms with van der Waals surface area (Å²) in [4.78, 5) is 12.8. The van der Waals surface area contributed by atoms with E-state index >= 15 is 0 Å². The Morgan fingerprint density at radius 1 is 1.22 bits per heavy atom. The minimum Gasteiger partial charge on any atom is -0.449 e. The van der Waals surface area contributed by atoms with Gasteiger partial charge in [-0.15, -0.1) is 21.5 Å². The van der Waals surface area contributed by atoms with E-state index in [0.29, 0.717) is 11.5 Å². The van der Waals surface area contributed by atoms with Crippen LogP contribution in [-0.4, -0.2) is 22.8 Å². The van der Waals surface area contributed by atoms with Gasteiger partial charge in [0.15, 0.2) is 6.10 Å². The number of aromatic nitrogens is 2. The van der Waals surface area contributed by atoms with E-state index in [-0.39, 0.29) is 11.6 Å². The number of alkyl halides is 2. The highest BCUT2D eigenvalue weighted by molar-refractivity contribution is 7.13. The molecule has 3 aromatic rings. The van der Waals surface area contributed by atoms with Crippen molar-refractivity contribution in [1.29, 1.82) is 0 Å². The van der Waals surface area contributed by atoms with Crippen molar-refractivity contribution in [2.75, 3.05) is 0 Å². The molecule has 0 aliphatic carbocycles. The first kappa shape index (κ1) is 18.7. The van der Waals surface area contributed by atoms with Crippen LogP contribution >= 0.6 is 11.3 Å². The van der Waals surface area contributed by atoms with E-state index in [1.807, 2.05) is 17.5 Å². The maximum atomic E-state index is 12.1. The average Bonchev–Trinajstić information content (AvgIpc) is 3.32. The zero-order chi connectivity index (χ0) is 19.2. The molecule has 0 radical (unpaired) electrons. The predicted molar refractivity (Wildman–Crippen MR) is 94.2 cm³/mol. The van der Waals surface area contributed by atoms with Gasteiger partial charge in [-0.3, -0.25) is 0 Å². The molecule has 6 nitrogen and oxygen atoms in total. The molecule has 0 N–H and O–H groups in total. The Bertz CT molecular complexity index is 908. The zero-order valence-electron chi connectivity index (χ0n) is 14.0. The quantitative estimate of drug-likeness (QED) is 0.428. The van der Waals surface area contributed by atoms with Gasteiger partial charge in [0.05, 0.1) is 4.88 Å². The summed E-state index contributed by atoms with van der Waals surface area (Å²) in [6, 6.07) is 9.55. The Kier molecular flexibility index (Phi) is 5.92. The predicted octanol–water partition coefficient (Wildman–Crippen LogP) is 4.72. The number of esters is 1. The Hall–Kier alpha value is -3.07. The van der Waals surface area contributed by atoms with E-state index in [2.05, 4.69) is 14.9 Å². The van der Waals surface area contributed by atoms with Crippen molar-refractivity contribution < 1.29 is 27.5 Å². The van der Waals surface area contributed by atoms with Gasteiger partial charge in [-0.1, -0.05) is 18.2 Å². The van der Waals surface area contributed by atoms with Gasteiger partial charge in [-0.05, 0) is 42.1 Å². The topological polar surface area (TPSA) is 74.5 Å². The first-order chi connectivity index (χ1) is 13.0. The number of rotatable bonds is 7. The summed E-state index contributed by atoms with van der Waals surface area (Å²) in [5.74, 6) is -0.0132. The average molecular weight is 392 g/mol. The number of hydrogen-bond acceptors (Lipinski definition) is 7. The molecule has 0 aliphatic heterocycles. The summed E-state index contributed by atoms with van der Waals surface area (Å²) in [7, 11) is 0. The van der Waals surface area contributed by atoms with Gasteiger partial charge in [-0.25, -0.2) is 4.79 Å². The van der Waals surface area contributed by atoms with Gasteiger partial charge in [-0.2, -0.15) is 8.78 Å². The molecule has 3 rings (SSSR count). The van der Waals surface area contributed by atoms with Crippen LogP contribution in [0.3, 0.4) is 0 Å². The van der Waals surface area contributed by atoms with Crippen LogP contribution in [-0.2, 0) is 9.53 Å². The molecule has 2 heterocycles. The van der Waals surface area contributed by atoms with E-state index in [9.17, 15) is 13.6 Å². The standard InChI is InChI=1S/C18H14F2N2O4S/c1-11(16-21-22-17(26-16)14-3-2-10-27-14)24-15(23)9-6-12-4-7-13(8-5-12)25-18(19)20/h2-11,18H,1H3/b9-6+/t11-/m0/s1. The van der Waals surface area contributed by atoms with Crippen LogP contribution in [0.1, 0.15) is 24.5 Å². The summed E-state index contributed by atoms with van der Waals surface area (Å²) in [5, 5.41) is 9.71. The van der Waals surface area contributed by atoms with Gasteiger partial charge in [0.1, 0.15) is 5.75 Å². The van der Waals surface area contributed by atoms with E-state index in [4.69, 9.17) is 9.15 Å². The molecule has 1 atom stereocenters. The second kappa shape index (κ2) is 8.54. The number of benzene rings is 1. The number of halogens is 2. The van der Waals surface area contributed by atoms with Crippen molar-refractivity contribution in [3.63, 3.8) is 0 Å². The largest absolute Gasteiger partial charge is 0.449 e. The summed E-state index contributed by atoms with van der Waals surface area (Å²) < 4.78 is 39.2. The number of thiophene rings is 1. The smallest absolute Gasteiger partial charge is 0.387 e. The molecular weight excluding hydrogens is 378 g/mol. The Balaban J connectivity index is 1.56. The van der Waals surface area contributed by atoms with Crippen LogP contribution in [0.15, 0.2) is 52.3 Å². The maximum Gasteiger partial charge on any atom is 0.387 e. The molecule has 0 unspecified atom stereocenters. The SMILES string of the molecule is C[C@H](OC(=O)/C=C/c1ccc(OC(F)F)cc1)c1nnc(-c2cccs2)o1. The Labute approximate surface area is 157 Å². The van der Waals surface area contributed by atoms with Gasteiger partial charge in [0.25, 0.3) is 11.8 Å². The van der Waals surface area contributed by atoms with E-state index in [0.717, 1.165) is 4.88 Å². The van der Waals surface area contributed by atoms with Gasteiger partial charge in [0, 0.05) is 6.08 Å². The lowest BCUT2D eigenvalue weighted by molar-refractivity contribution is -0.143. The van der Waals surface area contributed by atoms with E-state index in [1.54, 1.807) is 6.92 Å². The second-order valence-corrected chi connectivity index (χ2v) is 6.23. The summed E-state index contributed by atoms with van der Waals surface area (Å²) in [6.07, 6.45) is 1.99. The van der Waals surface area contributed by atoms with E-state index in [1.165, 1.54) is 47.8 Å². The van der Waals surface area contributed by atoms with E-state index < -0.39 is 18.7 Å². The molecule has 0 bridgehead atoms. The van der Waals surface area contributed by atoms with Gasteiger partial charge < -0.3 is 13.9 Å². The van der Waals surface area contributed by atoms with Crippen LogP contribution in [0.25, 0.3) is 16.8 Å². The highest BCUT2D eigenvalue weighted by atomic mass is 32.1. The molecule has 0 saturated heterocycles. The van der Waals surface area contributed by atoms with Crippen LogP contribution in [0.4, 0.5) is 8.78 Å². The molecule has 0 fully saturated rings. The van der Waals surface area contributed by atoms with Crippen molar-refractivity contribution in [2.24, 2.45) is 0 Å². The highest BCUT2D eigenvalue weighted by Crippen LogP contribution is 2.26. The number of ether oxygens (including phenoxy) is 2. The molecule has 0 saturated carbocycles. The molecular formula is C18H14F2N2O4S. The molecule has 1 aromatic carbocycles. The van der Waals surface area contributed by atoms with Crippen LogP contribution in [0.2, 0.25) is 0 Å². The van der Waals surface area contributed by atoms with Crippen molar-refractivity contribution in [2.45, 2.75) is 19.6 Å². The fraction of sp³-hybridized carbons (Fsp3) is 0.167. The maximum absolute atomic E-state index is 12.1. The Morgan fingerprint density at radius 3 is 2.67 bits per heavy atom. The van der Waals surface area contributed by atoms with Gasteiger partial charge in [0.2, 0.25) is 0 Å². The summed E-state index contributed by atoms with van der Waals surface area (Å²) in [5.41, 5.74) is 0.624. The number of carbonyl (C=O) groups excluding carboxylic acids is 1. The molecule has 140 valence electrons. The van der Waals surface area contributed by atoms with Gasteiger partial charge >= 0.3 is 12.6 Å². The third-order valence-corrected chi connectivity index (χ3v) is 4.19. The number of hydrogen-bond donors (Lipinski definition) is 0. The summed E-state index contributed by atoms with van der Waals surface area (Å²) >= 11 is 1.46. The minimum absolute atomic E-state index is 0.0382. The normalized spacial score (nSPS) is 12.4. The third-order valence-electron chi connectivity index (χ3n) is 3.33. The zero-order valence-corrected chi connectivity index (χ0v) is 14.9. The second-order valence-electron chi connectivity index (χ2n) is 5.28. The first-order valence-corrected chi connectivity index (χ1v) is 8.70. The first-order valence-electron chi connectivity index (χ1n) is 7.82. The lowest BCUT2D eigenvalue weighted by Crippen LogP contribution is -2.06. The number of nitrogens with zero attached hydrogens (tertiary/aromatic N) is 2. The lowest BCUT2D eigenvalue weighted by Gasteiger charge is -2.06. The van der Waals surface area contributed by atoms with Crippen molar-refractivity contribution in [1.82, 2.24) is 10.2 Å². The fourth-order valence-electron chi connectivity index (χ4n) is 2.09. The van der Waals surface area contributed by atoms with Crippen LogP contribution in [0.5, 0.6) is 5.75 Å². The Morgan fingerprint density at radius 2 is 2.00 bits per heavy atom. The van der Waals surface area contributed by atoms with Crippen molar-refractivity contribution in [3.05, 3.63) is 59.3 Å². The minimum atomic E-state index is -2.88. The monoisotopic (exact) mass is 392 g/mol. The molecule has 27 heavy (non-hydrogen) atoms. The number of carbonyl (C=O) groups is 1. The van der Waals surface area contributed by atoms with Crippen LogP contribution in [0, 0.1) is 0 Å². The van der Waals surface area contributed by atoms with Crippen molar-refractivity contribution >= 4 is 23.4 Å². The highest BCUT2D eigenvalue weighted by Gasteiger charge is 2.18. The molecule has 0 aliphatic rings. The van der Waals surface area contributed by atoms with Crippen molar-refractivity contribution in [3.8, 4) is 16.5 Å². The molecule has 0 spiro atoms. The fourth-order valence-corrected chi connectivity index (χ4v) is 2.73. The lowest BCUT2D eigenvalue weighted by atomic mass is 10.2. The third kappa shape index (κ3) is 5.20. The summed E-state index contributed by atoms with van der Waals surface area (Å²) in [6.45, 7) is -1.26.